The molecule has 1 aliphatic heterocycles. The largest absolute Gasteiger partial charge is 0.459 e. The van der Waals surface area contributed by atoms with Crippen LogP contribution in [0.25, 0.3) is 22.0 Å². The van der Waals surface area contributed by atoms with Crippen molar-refractivity contribution in [2.75, 3.05) is 26.7 Å². The lowest BCUT2D eigenvalue weighted by atomic mass is 9.98. The number of rotatable bonds is 10. The van der Waals surface area contributed by atoms with Crippen molar-refractivity contribution in [2.45, 2.75) is 51.3 Å². The Morgan fingerprint density at radius 2 is 1.63 bits per heavy atom. The van der Waals surface area contributed by atoms with Gasteiger partial charge in [-0.1, -0.05) is 72.8 Å². The summed E-state index contributed by atoms with van der Waals surface area (Å²) in [6.45, 7) is 5.89. The summed E-state index contributed by atoms with van der Waals surface area (Å²) in [6, 6.07) is 23.0. The molecule has 0 bridgehead atoms. The van der Waals surface area contributed by atoms with Crippen LogP contribution in [0.4, 0.5) is 9.18 Å². The van der Waals surface area contributed by atoms with Gasteiger partial charge in [0.1, 0.15) is 24.8 Å². The van der Waals surface area contributed by atoms with Crippen molar-refractivity contribution in [3.63, 3.8) is 0 Å². The Bertz CT molecular complexity index is 1910. The molecule has 1 aliphatic carbocycles. The molecule has 2 amide bonds. The van der Waals surface area contributed by atoms with Gasteiger partial charge >= 0.3 is 12.1 Å². The van der Waals surface area contributed by atoms with E-state index in [0.717, 1.165) is 44.3 Å². The molecular formula is C39H41FN4O5. The topological polar surface area (TPSA) is 102 Å². The van der Waals surface area contributed by atoms with E-state index in [9.17, 15) is 18.8 Å². The maximum absolute atomic E-state index is 13.8. The van der Waals surface area contributed by atoms with Gasteiger partial charge in [-0.2, -0.15) is 4.39 Å². The van der Waals surface area contributed by atoms with E-state index >= 15 is 0 Å². The molecule has 2 heterocycles. The molecule has 1 aromatic heterocycles. The van der Waals surface area contributed by atoms with Crippen LogP contribution in [0.3, 0.4) is 0 Å². The number of hydrogen-bond acceptors (Lipinski definition) is 6. The zero-order chi connectivity index (χ0) is 34.7. The highest BCUT2D eigenvalue weighted by Gasteiger charge is 2.33. The Balaban J connectivity index is 1.24. The zero-order valence-electron chi connectivity index (χ0n) is 28.2. The summed E-state index contributed by atoms with van der Waals surface area (Å²) in [5.41, 5.74) is 6.43. The van der Waals surface area contributed by atoms with Gasteiger partial charge in [-0.25, -0.2) is 4.79 Å². The Labute approximate surface area is 285 Å². The molecular weight excluding hydrogens is 623 g/mol. The molecule has 254 valence electrons. The first-order valence-corrected chi connectivity index (χ1v) is 16.4. The molecule has 3 aromatic carbocycles. The Kier molecular flexibility index (Phi) is 9.58. The van der Waals surface area contributed by atoms with Crippen LogP contribution in [-0.2, 0) is 32.0 Å². The standard InChI is InChI=1S/C39H41FN4O5/c1-39(2,3)49-36(45)21-42-37(46)34(19-26-23-44(33-16-10-9-11-27(26)33)22-25-17-18-35(40)41-20-25)43(4)38(47)48-24-32-30-14-7-5-12-28(30)29-13-6-8-15-31(29)32/h5-18,23,32,34,41H,19-22,24H2,1-4H3,(H,42,46). The number of fused-ring (bicyclic) bond motifs is 4. The molecule has 0 saturated heterocycles. The molecule has 4 aromatic rings. The predicted octanol–water partition coefficient (Wildman–Crippen LogP) is 6.23. The summed E-state index contributed by atoms with van der Waals surface area (Å²) in [7, 11) is 1.54. The summed E-state index contributed by atoms with van der Waals surface area (Å²) in [6.07, 6.45) is 4.62. The SMILES string of the molecule is CN(C(=O)OCC1c2ccccc2-c2ccccc21)C(Cc1cn(CC2=CC=C(F)NC2)c2ccccc12)C(=O)NCC(=O)OC(C)(C)C. The fraction of sp³-hybridized carbons (Fsp3) is 0.308. The van der Waals surface area contributed by atoms with Gasteiger partial charge in [-0.3, -0.25) is 14.5 Å². The number of aromatic nitrogens is 1. The molecule has 6 rings (SSSR count). The molecule has 0 radical (unpaired) electrons. The Morgan fingerprint density at radius 3 is 2.29 bits per heavy atom. The number of amides is 2. The monoisotopic (exact) mass is 664 g/mol. The lowest BCUT2D eigenvalue weighted by molar-refractivity contribution is -0.154. The van der Waals surface area contributed by atoms with Crippen LogP contribution in [0, 0.1) is 0 Å². The Morgan fingerprint density at radius 1 is 0.980 bits per heavy atom. The van der Waals surface area contributed by atoms with Crippen LogP contribution in [0.15, 0.2) is 103 Å². The summed E-state index contributed by atoms with van der Waals surface area (Å²) in [5.74, 6) is -1.62. The fourth-order valence-corrected chi connectivity index (χ4v) is 6.54. The van der Waals surface area contributed by atoms with Gasteiger partial charge in [-0.05, 0) is 66.3 Å². The average molecular weight is 665 g/mol. The molecule has 2 N–H and O–H groups in total. The van der Waals surface area contributed by atoms with Crippen molar-refractivity contribution in [1.82, 2.24) is 20.1 Å². The summed E-state index contributed by atoms with van der Waals surface area (Å²) in [4.78, 5) is 41.3. The molecule has 2 aliphatic rings. The zero-order valence-corrected chi connectivity index (χ0v) is 28.2. The number of allylic oxidation sites excluding steroid dienone is 2. The number of nitrogens with one attached hydrogen (secondary N) is 2. The molecule has 0 saturated carbocycles. The normalized spacial score (nSPS) is 14.6. The van der Waals surface area contributed by atoms with Gasteiger partial charge < -0.3 is 24.7 Å². The minimum absolute atomic E-state index is 0.0982. The van der Waals surface area contributed by atoms with Gasteiger partial charge in [0.2, 0.25) is 5.91 Å². The molecule has 10 heteroatoms. The number of ether oxygens (including phenoxy) is 2. The number of benzene rings is 3. The van der Waals surface area contributed by atoms with E-state index in [2.05, 4.69) is 27.3 Å². The smallest absolute Gasteiger partial charge is 0.410 e. The number of carbonyl (C=O) groups is 3. The van der Waals surface area contributed by atoms with Crippen LogP contribution in [0.5, 0.6) is 0 Å². The first kappa shape index (κ1) is 33.5. The van der Waals surface area contributed by atoms with Crippen molar-refractivity contribution < 1.29 is 28.2 Å². The first-order chi connectivity index (χ1) is 23.5. The first-order valence-electron chi connectivity index (χ1n) is 16.4. The third kappa shape index (κ3) is 7.53. The third-order valence-electron chi connectivity index (χ3n) is 8.83. The molecule has 1 atom stereocenters. The molecule has 1 unspecified atom stereocenters. The summed E-state index contributed by atoms with van der Waals surface area (Å²) in [5, 5.41) is 6.32. The van der Waals surface area contributed by atoms with Gasteiger partial charge in [0, 0.05) is 49.6 Å². The number of para-hydroxylation sites is 1. The molecule has 0 spiro atoms. The summed E-state index contributed by atoms with van der Waals surface area (Å²) >= 11 is 0. The number of esters is 1. The van der Waals surface area contributed by atoms with E-state index in [4.69, 9.17) is 9.47 Å². The predicted molar refractivity (Wildman–Crippen MR) is 186 cm³/mol. The van der Waals surface area contributed by atoms with E-state index in [-0.39, 0.29) is 31.4 Å². The lowest BCUT2D eigenvalue weighted by Gasteiger charge is -2.27. The number of dihydropyridines is 1. The highest BCUT2D eigenvalue weighted by molar-refractivity contribution is 5.90. The van der Waals surface area contributed by atoms with Crippen LogP contribution >= 0.6 is 0 Å². The van der Waals surface area contributed by atoms with Crippen molar-refractivity contribution in [2.24, 2.45) is 0 Å². The van der Waals surface area contributed by atoms with E-state index < -0.39 is 29.6 Å². The summed E-state index contributed by atoms with van der Waals surface area (Å²) < 4.78 is 26.9. The third-order valence-corrected chi connectivity index (χ3v) is 8.83. The van der Waals surface area contributed by atoms with E-state index in [1.54, 1.807) is 26.8 Å². The second-order valence-corrected chi connectivity index (χ2v) is 13.4. The number of halogens is 1. The van der Waals surface area contributed by atoms with E-state index in [1.165, 1.54) is 18.0 Å². The maximum atomic E-state index is 13.8. The minimum Gasteiger partial charge on any atom is -0.459 e. The van der Waals surface area contributed by atoms with Gasteiger partial charge in [0.25, 0.3) is 0 Å². The quantitative estimate of drug-likeness (QED) is 0.154. The van der Waals surface area contributed by atoms with Crippen molar-refractivity contribution in [3.05, 3.63) is 119 Å². The van der Waals surface area contributed by atoms with Gasteiger partial charge in [-0.15, -0.1) is 0 Å². The van der Waals surface area contributed by atoms with E-state index in [0.29, 0.717) is 13.1 Å². The second-order valence-electron chi connectivity index (χ2n) is 13.4. The van der Waals surface area contributed by atoms with Crippen molar-refractivity contribution in [1.29, 1.82) is 0 Å². The number of likely N-dealkylation sites (N-methyl/N-ethyl adjacent to an activating group) is 1. The van der Waals surface area contributed by atoms with Crippen LogP contribution in [0.1, 0.15) is 43.4 Å². The van der Waals surface area contributed by atoms with Crippen LogP contribution in [-0.4, -0.2) is 65.8 Å². The molecule has 9 nitrogen and oxygen atoms in total. The van der Waals surface area contributed by atoms with Crippen LogP contribution in [0.2, 0.25) is 0 Å². The van der Waals surface area contributed by atoms with Crippen molar-refractivity contribution >= 4 is 28.9 Å². The van der Waals surface area contributed by atoms with Gasteiger partial charge in [0.05, 0.1) is 0 Å². The minimum atomic E-state index is -1.01. The van der Waals surface area contributed by atoms with Crippen molar-refractivity contribution in [3.8, 4) is 11.1 Å². The van der Waals surface area contributed by atoms with E-state index in [1.807, 2.05) is 66.9 Å². The highest BCUT2D eigenvalue weighted by atomic mass is 19.1. The number of carbonyl (C=O) groups excluding carboxylic acids is 3. The number of nitrogens with zero attached hydrogens (tertiary/aromatic N) is 2. The molecule has 0 fully saturated rings. The van der Waals surface area contributed by atoms with Crippen LogP contribution < -0.4 is 10.6 Å². The molecule has 49 heavy (non-hydrogen) atoms. The Hall–Kier alpha value is -5.38. The fourth-order valence-electron chi connectivity index (χ4n) is 6.54. The lowest BCUT2D eigenvalue weighted by Crippen LogP contribution is -2.50. The van der Waals surface area contributed by atoms with Gasteiger partial charge in [0.15, 0.2) is 5.95 Å². The highest BCUT2D eigenvalue weighted by Crippen LogP contribution is 2.44. The number of hydrogen-bond donors (Lipinski definition) is 2. The second kappa shape index (κ2) is 14.0. The maximum Gasteiger partial charge on any atom is 0.410 e. The average Bonchev–Trinajstić information content (AvgIpc) is 3.59.